The number of ether oxygens (including phenoxy) is 1. The number of hydrogen-bond donors (Lipinski definition) is 1. The monoisotopic (exact) mass is 286 g/mol. The summed E-state index contributed by atoms with van der Waals surface area (Å²) in [6.07, 6.45) is -0.883. The molecular weight excluding hydrogens is 264 g/mol. The Morgan fingerprint density at radius 2 is 1.71 bits per heavy atom. The number of hydrogen-bond acceptors (Lipinski definition) is 3. The molecule has 2 atom stereocenters. The molecule has 0 aliphatic carbocycles. The molecule has 2 aromatic carbocycles. The van der Waals surface area contributed by atoms with Gasteiger partial charge in [0.15, 0.2) is 0 Å². The van der Waals surface area contributed by atoms with Crippen LogP contribution in [0.4, 0.5) is 0 Å². The fraction of sp³-hybridized carbons (Fsp3) is 0.389. The molecule has 0 saturated heterocycles. The maximum atomic E-state index is 12.1. The van der Waals surface area contributed by atoms with Crippen molar-refractivity contribution in [2.24, 2.45) is 5.92 Å². The highest BCUT2D eigenvalue weighted by atomic mass is 16.6. The molecule has 0 unspecified atom stereocenters. The second kappa shape index (κ2) is 5.86. The summed E-state index contributed by atoms with van der Waals surface area (Å²) in [5.41, 5.74) is 0.204. The minimum atomic E-state index is -0.883. The maximum absolute atomic E-state index is 12.1. The number of esters is 1. The lowest BCUT2D eigenvalue weighted by molar-refractivity contribution is -0.163. The first kappa shape index (κ1) is 15.5. The van der Waals surface area contributed by atoms with Gasteiger partial charge in [-0.3, -0.25) is 4.79 Å². The maximum Gasteiger partial charge on any atom is 0.312 e. The third-order valence-corrected chi connectivity index (χ3v) is 3.39. The molecule has 0 spiro atoms. The summed E-state index contributed by atoms with van der Waals surface area (Å²) in [6, 6.07) is 13.6. The molecule has 0 aliphatic rings. The molecule has 2 rings (SSSR count). The van der Waals surface area contributed by atoms with Gasteiger partial charge in [-0.25, -0.2) is 0 Å². The van der Waals surface area contributed by atoms with E-state index in [0.717, 1.165) is 16.3 Å². The average Bonchev–Trinajstić information content (AvgIpc) is 2.43. The lowest BCUT2D eigenvalue weighted by Gasteiger charge is -2.25. The molecule has 0 fully saturated rings. The first-order valence-electron chi connectivity index (χ1n) is 7.18. The largest absolute Gasteiger partial charge is 0.460 e. The molecule has 0 radical (unpaired) electrons. The molecule has 0 aliphatic heterocycles. The number of carbonyl (C=O) groups is 1. The van der Waals surface area contributed by atoms with Crippen molar-refractivity contribution < 1.29 is 14.6 Å². The predicted octanol–water partition coefficient (Wildman–Crippen LogP) is 3.85. The Hall–Kier alpha value is -1.87. The molecule has 0 heterocycles. The van der Waals surface area contributed by atoms with Crippen LogP contribution in [0.2, 0.25) is 0 Å². The highest BCUT2D eigenvalue weighted by molar-refractivity contribution is 5.86. The Morgan fingerprint density at radius 3 is 2.38 bits per heavy atom. The van der Waals surface area contributed by atoms with Crippen molar-refractivity contribution in [2.75, 3.05) is 0 Å². The molecular formula is C18H22O3. The first-order valence-corrected chi connectivity index (χ1v) is 7.18. The molecule has 1 N–H and O–H groups in total. The van der Waals surface area contributed by atoms with Gasteiger partial charge in [0.05, 0.1) is 12.0 Å². The van der Waals surface area contributed by atoms with Crippen molar-refractivity contribution >= 4 is 16.7 Å². The van der Waals surface area contributed by atoms with Crippen LogP contribution in [0, 0.1) is 5.92 Å². The average molecular weight is 286 g/mol. The van der Waals surface area contributed by atoms with Crippen LogP contribution in [0.25, 0.3) is 10.8 Å². The number of fused-ring (bicyclic) bond motifs is 1. The van der Waals surface area contributed by atoms with E-state index in [4.69, 9.17) is 4.74 Å². The zero-order chi connectivity index (χ0) is 15.6. The van der Waals surface area contributed by atoms with Crippen LogP contribution in [-0.4, -0.2) is 16.7 Å². The lowest BCUT2D eigenvalue weighted by atomic mass is 9.93. The van der Waals surface area contributed by atoms with Gasteiger partial charge in [0.2, 0.25) is 0 Å². The summed E-state index contributed by atoms with van der Waals surface area (Å²) in [7, 11) is 0. The van der Waals surface area contributed by atoms with Crippen molar-refractivity contribution in [3.8, 4) is 0 Å². The SMILES string of the molecule is C[C@H](C(=O)OC(C)(C)C)[C@@H](O)c1cccc2ccccc12. The second-order valence-corrected chi connectivity index (χ2v) is 6.34. The molecule has 0 bridgehead atoms. The van der Waals surface area contributed by atoms with E-state index < -0.39 is 17.6 Å². The van der Waals surface area contributed by atoms with Crippen molar-refractivity contribution in [3.05, 3.63) is 48.0 Å². The smallest absolute Gasteiger partial charge is 0.312 e. The number of aliphatic hydroxyl groups is 1. The molecule has 2 aromatic rings. The minimum absolute atomic E-state index is 0.386. The summed E-state index contributed by atoms with van der Waals surface area (Å²) in [6.45, 7) is 7.16. The molecule has 3 heteroatoms. The molecule has 0 saturated carbocycles. The highest BCUT2D eigenvalue weighted by Crippen LogP contribution is 2.30. The van der Waals surface area contributed by atoms with E-state index in [1.165, 1.54) is 0 Å². The minimum Gasteiger partial charge on any atom is -0.460 e. The third-order valence-electron chi connectivity index (χ3n) is 3.39. The third kappa shape index (κ3) is 3.61. The number of benzene rings is 2. The van der Waals surface area contributed by atoms with E-state index in [1.54, 1.807) is 6.92 Å². The van der Waals surface area contributed by atoms with Gasteiger partial charge in [0, 0.05) is 0 Å². The summed E-state index contributed by atoms with van der Waals surface area (Å²) in [4.78, 5) is 12.1. The predicted molar refractivity (Wildman–Crippen MR) is 83.9 cm³/mol. The van der Waals surface area contributed by atoms with Crippen LogP contribution in [-0.2, 0) is 9.53 Å². The van der Waals surface area contributed by atoms with Crippen molar-refractivity contribution in [1.82, 2.24) is 0 Å². The number of carbonyl (C=O) groups excluding carboxylic acids is 1. The normalized spacial score (nSPS) is 14.7. The van der Waals surface area contributed by atoms with Gasteiger partial charge in [-0.2, -0.15) is 0 Å². The van der Waals surface area contributed by atoms with Gasteiger partial charge in [-0.15, -0.1) is 0 Å². The van der Waals surface area contributed by atoms with E-state index in [9.17, 15) is 9.90 Å². The molecule has 21 heavy (non-hydrogen) atoms. The van der Waals surface area contributed by atoms with E-state index in [-0.39, 0.29) is 5.97 Å². The first-order chi connectivity index (χ1) is 9.79. The number of aliphatic hydroxyl groups excluding tert-OH is 1. The summed E-state index contributed by atoms with van der Waals surface area (Å²) >= 11 is 0. The summed E-state index contributed by atoms with van der Waals surface area (Å²) in [5.74, 6) is -1.00. The Morgan fingerprint density at radius 1 is 1.10 bits per heavy atom. The van der Waals surface area contributed by atoms with E-state index >= 15 is 0 Å². The Labute approximate surface area is 125 Å². The van der Waals surface area contributed by atoms with Gasteiger partial charge in [-0.05, 0) is 44.0 Å². The standard InChI is InChI=1S/C18H22O3/c1-12(17(20)21-18(2,3)4)16(19)15-11-7-9-13-8-5-6-10-14(13)15/h5-12,16,19H,1-4H3/t12-,16+/m0/s1. The van der Waals surface area contributed by atoms with Gasteiger partial charge in [0.25, 0.3) is 0 Å². The fourth-order valence-corrected chi connectivity index (χ4v) is 2.30. The van der Waals surface area contributed by atoms with Gasteiger partial charge in [0.1, 0.15) is 5.60 Å². The van der Waals surface area contributed by atoms with Crippen molar-refractivity contribution in [1.29, 1.82) is 0 Å². The van der Waals surface area contributed by atoms with Crippen LogP contribution in [0.1, 0.15) is 39.4 Å². The van der Waals surface area contributed by atoms with Crippen LogP contribution in [0.15, 0.2) is 42.5 Å². The highest BCUT2D eigenvalue weighted by Gasteiger charge is 2.29. The van der Waals surface area contributed by atoms with E-state index in [0.29, 0.717) is 0 Å². The van der Waals surface area contributed by atoms with Crippen LogP contribution in [0.5, 0.6) is 0 Å². The van der Waals surface area contributed by atoms with Gasteiger partial charge in [-0.1, -0.05) is 42.5 Å². The topological polar surface area (TPSA) is 46.5 Å². The second-order valence-electron chi connectivity index (χ2n) is 6.34. The Balaban J connectivity index is 2.30. The van der Waals surface area contributed by atoms with Gasteiger partial charge >= 0.3 is 5.97 Å². The Kier molecular flexibility index (Phi) is 4.33. The van der Waals surface area contributed by atoms with E-state index in [2.05, 4.69) is 0 Å². The van der Waals surface area contributed by atoms with Crippen LogP contribution in [0.3, 0.4) is 0 Å². The molecule has 3 nitrogen and oxygen atoms in total. The Bertz CT molecular complexity index is 635. The zero-order valence-corrected chi connectivity index (χ0v) is 13.0. The quantitative estimate of drug-likeness (QED) is 0.872. The number of rotatable bonds is 3. The molecule has 0 aromatic heterocycles. The molecule has 112 valence electrons. The van der Waals surface area contributed by atoms with Crippen molar-refractivity contribution in [3.63, 3.8) is 0 Å². The lowest BCUT2D eigenvalue weighted by Crippen LogP contribution is -2.30. The summed E-state index contributed by atoms with van der Waals surface area (Å²) < 4.78 is 5.36. The van der Waals surface area contributed by atoms with Crippen molar-refractivity contribution in [2.45, 2.75) is 39.4 Å². The molecule has 0 amide bonds. The van der Waals surface area contributed by atoms with Gasteiger partial charge < -0.3 is 9.84 Å². The zero-order valence-electron chi connectivity index (χ0n) is 13.0. The van der Waals surface area contributed by atoms with Crippen LogP contribution < -0.4 is 0 Å². The van der Waals surface area contributed by atoms with E-state index in [1.807, 2.05) is 63.2 Å². The summed E-state index contributed by atoms with van der Waals surface area (Å²) in [5, 5.41) is 12.6. The fourth-order valence-electron chi connectivity index (χ4n) is 2.30. The van der Waals surface area contributed by atoms with Crippen LogP contribution >= 0.6 is 0 Å².